The molecule has 0 amide bonds. The highest BCUT2D eigenvalue weighted by atomic mass is 16.5. The second kappa shape index (κ2) is 5.60. The van der Waals surface area contributed by atoms with Crippen LogP contribution in [-0.2, 0) is 9.53 Å². The van der Waals surface area contributed by atoms with Crippen LogP contribution in [0.15, 0.2) is 0 Å². The minimum atomic E-state index is -0.727. The first-order valence-electron chi connectivity index (χ1n) is 7.54. The van der Waals surface area contributed by atoms with Crippen molar-refractivity contribution in [3.8, 4) is 0 Å². The van der Waals surface area contributed by atoms with Gasteiger partial charge in [0.15, 0.2) is 0 Å². The molecule has 104 valence electrons. The molecule has 18 heavy (non-hydrogen) atoms. The smallest absolute Gasteiger partial charge is 0.326 e. The summed E-state index contributed by atoms with van der Waals surface area (Å²) >= 11 is 0. The maximum absolute atomic E-state index is 12.4. The third kappa shape index (κ3) is 2.71. The molecule has 0 aliphatic heterocycles. The average Bonchev–Trinajstić information content (AvgIpc) is 2.36. The predicted molar refractivity (Wildman–Crippen MR) is 72.1 cm³/mol. The monoisotopic (exact) mass is 253 g/mol. The number of esters is 1. The number of carbonyl (C=O) groups excluding carboxylic acids is 1. The van der Waals surface area contributed by atoms with Crippen molar-refractivity contribution in [2.75, 3.05) is 0 Å². The largest absolute Gasteiger partial charge is 0.461 e. The van der Waals surface area contributed by atoms with E-state index in [0.29, 0.717) is 5.92 Å². The van der Waals surface area contributed by atoms with Crippen molar-refractivity contribution in [1.82, 2.24) is 0 Å². The van der Waals surface area contributed by atoms with Crippen molar-refractivity contribution in [2.45, 2.75) is 76.9 Å². The van der Waals surface area contributed by atoms with Crippen molar-refractivity contribution in [1.29, 1.82) is 0 Å². The minimum Gasteiger partial charge on any atom is -0.461 e. The van der Waals surface area contributed by atoms with Crippen molar-refractivity contribution in [3.63, 3.8) is 0 Å². The molecule has 0 bridgehead atoms. The summed E-state index contributed by atoms with van der Waals surface area (Å²) in [7, 11) is 0. The summed E-state index contributed by atoms with van der Waals surface area (Å²) in [6.07, 6.45) is 8.79. The number of carbonyl (C=O) groups is 1. The van der Waals surface area contributed by atoms with Gasteiger partial charge in [-0.2, -0.15) is 0 Å². The fourth-order valence-electron chi connectivity index (χ4n) is 3.38. The van der Waals surface area contributed by atoms with Crippen LogP contribution >= 0.6 is 0 Å². The Hall–Kier alpha value is -0.570. The van der Waals surface area contributed by atoms with Gasteiger partial charge in [0, 0.05) is 0 Å². The molecule has 0 aromatic carbocycles. The SMILES string of the molecule is CC1CCCCC1OC(=O)C1(N)CCCCC1C. The van der Waals surface area contributed by atoms with Crippen LogP contribution in [-0.4, -0.2) is 17.6 Å². The molecule has 2 rings (SSSR count). The maximum atomic E-state index is 12.4. The molecule has 0 heterocycles. The summed E-state index contributed by atoms with van der Waals surface area (Å²) in [5, 5.41) is 0. The normalized spacial score (nSPS) is 41.4. The van der Waals surface area contributed by atoms with E-state index in [4.69, 9.17) is 10.5 Å². The zero-order valence-electron chi connectivity index (χ0n) is 11.8. The lowest BCUT2D eigenvalue weighted by atomic mass is 9.74. The summed E-state index contributed by atoms with van der Waals surface area (Å²) in [6.45, 7) is 4.27. The van der Waals surface area contributed by atoms with Gasteiger partial charge in [-0.3, -0.25) is 4.79 Å². The van der Waals surface area contributed by atoms with Gasteiger partial charge in [-0.05, 0) is 43.9 Å². The van der Waals surface area contributed by atoms with Gasteiger partial charge in [0.1, 0.15) is 11.6 Å². The summed E-state index contributed by atoms with van der Waals surface area (Å²) in [4.78, 5) is 12.4. The van der Waals surface area contributed by atoms with Gasteiger partial charge in [-0.25, -0.2) is 0 Å². The van der Waals surface area contributed by atoms with E-state index in [1.165, 1.54) is 25.7 Å². The van der Waals surface area contributed by atoms with E-state index < -0.39 is 5.54 Å². The highest BCUT2D eigenvalue weighted by molar-refractivity contribution is 5.81. The number of ether oxygens (including phenoxy) is 1. The molecule has 3 nitrogen and oxygen atoms in total. The number of hydrogen-bond acceptors (Lipinski definition) is 3. The molecule has 0 aromatic rings. The maximum Gasteiger partial charge on any atom is 0.326 e. The molecule has 2 saturated carbocycles. The van der Waals surface area contributed by atoms with Gasteiger partial charge < -0.3 is 10.5 Å². The van der Waals surface area contributed by atoms with Crippen molar-refractivity contribution >= 4 is 5.97 Å². The van der Waals surface area contributed by atoms with Crippen LogP contribution < -0.4 is 5.73 Å². The quantitative estimate of drug-likeness (QED) is 0.770. The third-order valence-electron chi connectivity index (χ3n) is 5.03. The Bertz CT molecular complexity index is 305. The lowest BCUT2D eigenvalue weighted by Crippen LogP contribution is -2.56. The zero-order valence-corrected chi connectivity index (χ0v) is 11.8. The molecule has 4 unspecified atom stereocenters. The molecule has 0 spiro atoms. The van der Waals surface area contributed by atoms with E-state index >= 15 is 0 Å². The second-order valence-corrected chi connectivity index (χ2v) is 6.39. The molecule has 0 aromatic heterocycles. The zero-order chi connectivity index (χ0) is 13.2. The van der Waals surface area contributed by atoms with Crippen LogP contribution in [0, 0.1) is 11.8 Å². The van der Waals surface area contributed by atoms with Gasteiger partial charge >= 0.3 is 5.97 Å². The van der Waals surface area contributed by atoms with Crippen molar-refractivity contribution in [3.05, 3.63) is 0 Å². The fourth-order valence-corrected chi connectivity index (χ4v) is 3.38. The molecule has 4 atom stereocenters. The highest BCUT2D eigenvalue weighted by Gasteiger charge is 2.44. The Balaban J connectivity index is 1.97. The molecular formula is C15H27NO2. The van der Waals surface area contributed by atoms with E-state index in [1.54, 1.807) is 0 Å². The Labute approximate surface area is 110 Å². The highest BCUT2D eigenvalue weighted by Crippen LogP contribution is 2.34. The van der Waals surface area contributed by atoms with Gasteiger partial charge in [-0.15, -0.1) is 0 Å². The first-order chi connectivity index (χ1) is 8.54. The number of nitrogens with two attached hydrogens (primary N) is 1. The first-order valence-corrected chi connectivity index (χ1v) is 7.54. The van der Waals surface area contributed by atoms with Gasteiger partial charge in [0.25, 0.3) is 0 Å². The molecule has 0 radical (unpaired) electrons. The minimum absolute atomic E-state index is 0.0980. The Kier molecular flexibility index (Phi) is 4.31. The molecular weight excluding hydrogens is 226 g/mol. The van der Waals surface area contributed by atoms with Crippen LogP contribution in [0.1, 0.15) is 65.2 Å². The lowest BCUT2D eigenvalue weighted by Gasteiger charge is -2.39. The molecule has 2 aliphatic carbocycles. The van der Waals surface area contributed by atoms with Crippen LogP contribution in [0.3, 0.4) is 0 Å². The van der Waals surface area contributed by atoms with Crippen LogP contribution in [0.4, 0.5) is 0 Å². The van der Waals surface area contributed by atoms with E-state index in [0.717, 1.165) is 25.7 Å². The van der Waals surface area contributed by atoms with Crippen molar-refractivity contribution < 1.29 is 9.53 Å². The number of rotatable bonds is 2. The summed E-state index contributed by atoms with van der Waals surface area (Å²) < 4.78 is 5.75. The van der Waals surface area contributed by atoms with Crippen LogP contribution in [0.2, 0.25) is 0 Å². The Morgan fingerprint density at radius 2 is 1.78 bits per heavy atom. The Morgan fingerprint density at radius 3 is 2.44 bits per heavy atom. The van der Waals surface area contributed by atoms with Crippen LogP contribution in [0.5, 0.6) is 0 Å². The molecule has 0 saturated heterocycles. The summed E-state index contributed by atoms with van der Waals surface area (Å²) in [5.74, 6) is 0.594. The van der Waals surface area contributed by atoms with Gasteiger partial charge in [0.2, 0.25) is 0 Å². The summed E-state index contributed by atoms with van der Waals surface area (Å²) in [5.41, 5.74) is 5.61. The molecule has 3 heteroatoms. The lowest BCUT2D eigenvalue weighted by molar-refractivity contribution is -0.163. The van der Waals surface area contributed by atoms with Gasteiger partial charge in [-0.1, -0.05) is 33.1 Å². The number of hydrogen-bond donors (Lipinski definition) is 1. The standard InChI is InChI=1S/C15H27NO2/c1-11-7-3-4-9-13(11)18-14(17)15(16)10-6-5-8-12(15)2/h11-13H,3-10,16H2,1-2H3. The average molecular weight is 253 g/mol. The fraction of sp³-hybridized carbons (Fsp3) is 0.933. The van der Waals surface area contributed by atoms with Gasteiger partial charge in [0.05, 0.1) is 0 Å². The second-order valence-electron chi connectivity index (χ2n) is 6.39. The third-order valence-corrected chi connectivity index (χ3v) is 5.03. The van der Waals surface area contributed by atoms with E-state index in [1.807, 2.05) is 0 Å². The molecule has 2 N–H and O–H groups in total. The Morgan fingerprint density at radius 1 is 1.11 bits per heavy atom. The predicted octanol–water partition coefficient (Wildman–Crippen LogP) is 3.02. The topological polar surface area (TPSA) is 52.3 Å². The van der Waals surface area contributed by atoms with E-state index in [2.05, 4.69) is 13.8 Å². The summed E-state index contributed by atoms with van der Waals surface area (Å²) in [6, 6.07) is 0. The van der Waals surface area contributed by atoms with Crippen molar-refractivity contribution in [2.24, 2.45) is 17.6 Å². The molecule has 2 aliphatic rings. The van der Waals surface area contributed by atoms with E-state index in [-0.39, 0.29) is 18.0 Å². The van der Waals surface area contributed by atoms with E-state index in [9.17, 15) is 4.79 Å². The first kappa shape index (κ1) is 13.9. The molecule has 2 fully saturated rings. The van der Waals surface area contributed by atoms with Crippen LogP contribution in [0.25, 0.3) is 0 Å².